The highest BCUT2D eigenvalue weighted by molar-refractivity contribution is 5.85. The molecule has 20 heavy (non-hydrogen) atoms. The highest BCUT2D eigenvalue weighted by Gasteiger charge is 2.35. The first kappa shape index (κ1) is 15.2. The summed E-state index contributed by atoms with van der Waals surface area (Å²) >= 11 is 0. The number of benzene rings is 1. The van der Waals surface area contributed by atoms with Crippen LogP contribution in [0.25, 0.3) is 0 Å². The molecule has 1 atom stereocenters. The summed E-state index contributed by atoms with van der Waals surface area (Å²) in [4.78, 5) is 12.7. The maximum Gasteiger partial charge on any atom is 0.143 e. The van der Waals surface area contributed by atoms with Crippen LogP contribution in [0.4, 0.5) is 0 Å². The van der Waals surface area contributed by atoms with Crippen molar-refractivity contribution in [3.05, 3.63) is 35.4 Å². The summed E-state index contributed by atoms with van der Waals surface area (Å²) in [6.07, 6.45) is 2.87. The first-order chi connectivity index (χ1) is 9.66. The molecule has 0 aliphatic carbocycles. The van der Waals surface area contributed by atoms with Crippen LogP contribution in [-0.2, 0) is 16.0 Å². The Bertz CT molecular complexity index is 458. The Balaban J connectivity index is 2.17. The Labute approximate surface area is 121 Å². The van der Waals surface area contributed by atoms with Gasteiger partial charge >= 0.3 is 0 Å². The number of hydrogen-bond acceptors (Lipinski definition) is 3. The van der Waals surface area contributed by atoms with Crippen LogP contribution in [0.3, 0.4) is 0 Å². The maximum atomic E-state index is 12.7. The smallest absolute Gasteiger partial charge is 0.143 e. The number of Topliss-reactive ketones (excluding diaryl/α,β-unsaturated/α-hetero) is 1. The van der Waals surface area contributed by atoms with Gasteiger partial charge in [0, 0.05) is 18.4 Å². The Kier molecular flexibility index (Phi) is 4.95. The summed E-state index contributed by atoms with van der Waals surface area (Å²) in [6, 6.07) is 8.27. The molecule has 0 radical (unpaired) electrons. The molecule has 0 spiro atoms. The van der Waals surface area contributed by atoms with Gasteiger partial charge in [0.05, 0.1) is 12.7 Å². The lowest BCUT2D eigenvalue weighted by Gasteiger charge is -2.32. The van der Waals surface area contributed by atoms with Crippen molar-refractivity contribution < 1.29 is 9.53 Å². The maximum absolute atomic E-state index is 12.7. The average molecular weight is 275 g/mol. The third kappa shape index (κ3) is 2.79. The van der Waals surface area contributed by atoms with Crippen molar-refractivity contribution in [1.29, 1.82) is 0 Å². The van der Waals surface area contributed by atoms with Crippen molar-refractivity contribution in [3.63, 3.8) is 0 Å². The van der Waals surface area contributed by atoms with Crippen molar-refractivity contribution in [2.45, 2.75) is 45.6 Å². The summed E-state index contributed by atoms with van der Waals surface area (Å²) in [5, 5.41) is 0. The molecule has 1 unspecified atom stereocenters. The quantitative estimate of drug-likeness (QED) is 0.868. The zero-order chi connectivity index (χ0) is 14.6. The van der Waals surface area contributed by atoms with E-state index in [-0.39, 0.29) is 17.3 Å². The summed E-state index contributed by atoms with van der Waals surface area (Å²) in [5.74, 6) is 0.242. The van der Waals surface area contributed by atoms with Crippen LogP contribution in [0.2, 0.25) is 0 Å². The van der Waals surface area contributed by atoms with Crippen LogP contribution in [0.5, 0.6) is 0 Å². The van der Waals surface area contributed by atoms with Crippen LogP contribution >= 0.6 is 0 Å². The Morgan fingerprint density at radius 2 is 2.05 bits per heavy atom. The van der Waals surface area contributed by atoms with Crippen LogP contribution in [-0.4, -0.2) is 18.9 Å². The molecule has 2 rings (SSSR count). The van der Waals surface area contributed by atoms with E-state index in [9.17, 15) is 4.79 Å². The predicted octanol–water partition coefficient (Wildman–Crippen LogP) is 3.02. The average Bonchev–Trinajstić information content (AvgIpc) is 2.50. The highest BCUT2D eigenvalue weighted by atomic mass is 16.5. The molecule has 1 aliphatic heterocycles. The van der Waals surface area contributed by atoms with Gasteiger partial charge in [-0.15, -0.1) is 0 Å². The third-order valence-electron chi connectivity index (χ3n) is 4.80. The van der Waals surface area contributed by atoms with E-state index in [0.717, 1.165) is 19.3 Å². The molecule has 1 heterocycles. The molecule has 0 amide bonds. The molecule has 1 aromatic carbocycles. The van der Waals surface area contributed by atoms with Crippen LogP contribution in [0.15, 0.2) is 24.3 Å². The molecule has 0 bridgehead atoms. The molecule has 2 N–H and O–H groups in total. The van der Waals surface area contributed by atoms with Gasteiger partial charge in [0.1, 0.15) is 5.78 Å². The second-order valence-corrected chi connectivity index (χ2v) is 5.63. The number of ether oxygens (including phenoxy) is 1. The number of ketones is 1. The van der Waals surface area contributed by atoms with E-state index in [1.165, 1.54) is 11.1 Å². The number of carbonyl (C=O) groups excluding carboxylic acids is 1. The molecule has 0 aromatic heterocycles. The van der Waals surface area contributed by atoms with Gasteiger partial charge in [0.25, 0.3) is 0 Å². The lowest BCUT2D eigenvalue weighted by molar-refractivity contribution is -0.132. The van der Waals surface area contributed by atoms with Gasteiger partial charge in [-0.2, -0.15) is 0 Å². The second kappa shape index (κ2) is 6.51. The Hall–Kier alpha value is -1.19. The number of carbonyl (C=O) groups is 1. The first-order valence-corrected chi connectivity index (χ1v) is 7.59. The minimum atomic E-state index is -0.379. The normalized spacial score (nSPS) is 18.6. The SMILES string of the molecule is CCC(CC)(CN)C(=O)CC1OCCc2ccccc21. The molecule has 0 fully saturated rings. The van der Waals surface area contributed by atoms with E-state index in [2.05, 4.69) is 12.1 Å². The molecule has 3 heteroatoms. The van der Waals surface area contributed by atoms with E-state index in [1.54, 1.807) is 0 Å². The first-order valence-electron chi connectivity index (χ1n) is 7.59. The van der Waals surface area contributed by atoms with Crippen molar-refractivity contribution in [2.75, 3.05) is 13.2 Å². The van der Waals surface area contributed by atoms with Crippen molar-refractivity contribution in [3.8, 4) is 0 Å². The summed E-state index contributed by atoms with van der Waals surface area (Å²) in [7, 11) is 0. The largest absolute Gasteiger partial charge is 0.373 e. The molecule has 1 aliphatic rings. The number of hydrogen-bond donors (Lipinski definition) is 1. The van der Waals surface area contributed by atoms with E-state index in [1.807, 2.05) is 26.0 Å². The molecule has 3 nitrogen and oxygen atoms in total. The van der Waals surface area contributed by atoms with Crippen LogP contribution in [0.1, 0.15) is 50.3 Å². The molecule has 0 saturated carbocycles. The standard InChI is InChI=1S/C17H25NO2/c1-3-17(4-2,12-18)16(19)11-15-14-8-6-5-7-13(14)9-10-20-15/h5-8,15H,3-4,9-12,18H2,1-2H3. The zero-order valence-corrected chi connectivity index (χ0v) is 12.5. The zero-order valence-electron chi connectivity index (χ0n) is 12.5. The minimum Gasteiger partial charge on any atom is -0.373 e. The lowest BCUT2D eigenvalue weighted by Crippen LogP contribution is -2.39. The predicted molar refractivity (Wildman–Crippen MR) is 80.5 cm³/mol. The van der Waals surface area contributed by atoms with Crippen molar-refractivity contribution >= 4 is 5.78 Å². The second-order valence-electron chi connectivity index (χ2n) is 5.63. The van der Waals surface area contributed by atoms with Gasteiger partial charge in [-0.05, 0) is 30.4 Å². The fourth-order valence-corrected chi connectivity index (χ4v) is 3.08. The third-order valence-corrected chi connectivity index (χ3v) is 4.80. The summed E-state index contributed by atoms with van der Waals surface area (Å²) in [5.41, 5.74) is 7.97. The van der Waals surface area contributed by atoms with Gasteiger partial charge in [-0.3, -0.25) is 4.79 Å². The monoisotopic (exact) mass is 275 g/mol. The summed E-state index contributed by atoms with van der Waals surface area (Å²) < 4.78 is 5.84. The van der Waals surface area contributed by atoms with E-state index >= 15 is 0 Å². The van der Waals surface area contributed by atoms with Gasteiger partial charge < -0.3 is 10.5 Å². The Morgan fingerprint density at radius 3 is 2.70 bits per heavy atom. The number of nitrogens with two attached hydrogens (primary N) is 1. The highest BCUT2D eigenvalue weighted by Crippen LogP contribution is 2.35. The minimum absolute atomic E-state index is 0.100. The number of rotatable bonds is 6. The number of fused-ring (bicyclic) bond motifs is 1. The van der Waals surface area contributed by atoms with Gasteiger partial charge in [-0.1, -0.05) is 38.1 Å². The van der Waals surface area contributed by atoms with Crippen LogP contribution < -0.4 is 5.73 Å². The van der Waals surface area contributed by atoms with Crippen molar-refractivity contribution in [2.24, 2.45) is 11.1 Å². The molecule has 0 saturated heterocycles. The van der Waals surface area contributed by atoms with Gasteiger partial charge in [0.15, 0.2) is 0 Å². The molecular formula is C17H25NO2. The molecular weight excluding hydrogens is 250 g/mol. The Morgan fingerprint density at radius 1 is 1.35 bits per heavy atom. The topological polar surface area (TPSA) is 52.3 Å². The fourth-order valence-electron chi connectivity index (χ4n) is 3.08. The molecule has 1 aromatic rings. The van der Waals surface area contributed by atoms with E-state index < -0.39 is 0 Å². The van der Waals surface area contributed by atoms with Crippen molar-refractivity contribution in [1.82, 2.24) is 0 Å². The summed E-state index contributed by atoms with van der Waals surface area (Å²) in [6.45, 7) is 5.21. The lowest BCUT2D eigenvalue weighted by atomic mass is 9.75. The van der Waals surface area contributed by atoms with Gasteiger partial charge in [-0.25, -0.2) is 0 Å². The fraction of sp³-hybridized carbons (Fsp3) is 0.588. The van der Waals surface area contributed by atoms with E-state index in [0.29, 0.717) is 19.6 Å². The van der Waals surface area contributed by atoms with Crippen LogP contribution in [0, 0.1) is 5.41 Å². The van der Waals surface area contributed by atoms with E-state index in [4.69, 9.17) is 10.5 Å². The van der Waals surface area contributed by atoms with Gasteiger partial charge in [0.2, 0.25) is 0 Å². The molecule has 110 valence electrons.